The van der Waals surface area contributed by atoms with Crippen molar-refractivity contribution in [1.29, 1.82) is 0 Å². The Morgan fingerprint density at radius 2 is 2.11 bits per heavy atom. The van der Waals surface area contributed by atoms with Gasteiger partial charge < -0.3 is 5.73 Å². The van der Waals surface area contributed by atoms with Crippen LogP contribution in [0, 0.1) is 6.92 Å². The van der Waals surface area contributed by atoms with Crippen LogP contribution < -0.4 is 5.73 Å². The summed E-state index contributed by atoms with van der Waals surface area (Å²) < 4.78 is 0. The van der Waals surface area contributed by atoms with E-state index in [1.165, 1.54) is 0 Å². The molecule has 0 aliphatic heterocycles. The molecule has 0 bridgehead atoms. The number of halogens is 1. The van der Waals surface area contributed by atoms with Gasteiger partial charge in [-0.2, -0.15) is 5.10 Å². The Bertz CT molecular complexity index is 544. The molecular formula is C12H14ClN5. The summed E-state index contributed by atoms with van der Waals surface area (Å²) in [6.07, 6.45) is 0.694. The monoisotopic (exact) mass is 263 g/mol. The number of alkyl halides is 1. The maximum absolute atomic E-state index is 5.57. The molecule has 0 amide bonds. The summed E-state index contributed by atoms with van der Waals surface area (Å²) in [5.41, 5.74) is 7.48. The number of hydrogen-bond acceptors (Lipinski definition) is 3. The summed E-state index contributed by atoms with van der Waals surface area (Å²) in [6, 6.07) is 7.75. The van der Waals surface area contributed by atoms with Crippen molar-refractivity contribution in [3.8, 4) is 0 Å². The van der Waals surface area contributed by atoms with E-state index < -0.39 is 0 Å². The highest BCUT2D eigenvalue weighted by Gasteiger charge is 2.01. The van der Waals surface area contributed by atoms with E-state index in [1.807, 2.05) is 31.2 Å². The molecule has 18 heavy (non-hydrogen) atoms. The molecular weight excluding hydrogens is 250 g/mol. The van der Waals surface area contributed by atoms with Gasteiger partial charge in [-0.15, -0.1) is 11.6 Å². The molecule has 0 saturated carbocycles. The summed E-state index contributed by atoms with van der Waals surface area (Å²) >= 11 is 5.57. The molecule has 0 saturated heterocycles. The minimum atomic E-state index is 0.234. The first kappa shape index (κ1) is 12.6. The molecule has 0 aliphatic carbocycles. The smallest absolute Gasteiger partial charge is 0.155 e. The maximum atomic E-state index is 5.57. The van der Waals surface area contributed by atoms with Crippen molar-refractivity contribution in [2.24, 2.45) is 10.7 Å². The average Bonchev–Trinajstić information content (AvgIpc) is 2.77. The van der Waals surface area contributed by atoms with Gasteiger partial charge in [-0.05, 0) is 24.6 Å². The number of hydrogen-bond donors (Lipinski definition) is 2. The summed E-state index contributed by atoms with van der Waals surface area (Å²) in [6.45, 7) is 1.88. The van der Waals surface area contributed by atoms with E-state index in [-0.39, 0.29) is 5.88 Å². The molecule has 94 valence electrons. The molecule has 2 aromatic rings. The van der Waals surface area contributed by atoms with Crippen LogP contribution in [0.5, 0.6) is 0 Å². The van der Waals surface area contributed by atoms with E-state index in [2.05, 4.69) is 20.2 Å². The van der Waals surface area contributed by atoms with Crippen LogP contribution in [-0.2, 0) is 6.42 Å². The third-order valence-electron chi connectivity index (χ3n) is 2.35. The van der Waals surface area contributed by atoms with Crippen molar-refractivity contribution >= 4 is 23.1 Å². The average molecular weight is 264 g/mol. The molecule has 1 heterocycles. The Kier molecular flexibility index (Phi) is 3.94. The summed E-state index contributed by atoms with van der Waals surface area (Å²) in [5, 5.41) is 6.91. The first-order valence-corrected chi connectivity index (χ1v) is 6.06. The van der Waals surface area contributed by atoms with Gasteiger partial charge in [-0.25, -0.2) is 9.98 Å². The van der Waals surface area contributed by atoms with Crippen molar-refractivity contribution in [3.63, 3.8) is 0 Å². The zero-order valence-electron chi connectivity index (χ0n) is 10.0. The number of aromatic amines is 1. The van der Waals surface area contributed by atoms with Gasteiger partial charge in [0.1, 0.15) is 11.7 Å². The number of aromatic nitrogens is 3. The summed E-state index contributed by atoms with van der Waals surface area (Å²) in [4.78, 5) is 8.41. The molecule has 0 spiro atoms. The Labute approximate surface area is 110 Å². The minimum absolute atomic E-state index is 0.234. The number of nitrogens with zero attached hydrogens (tertiary/aromatic N) is 3. The van der Waals surface area contributed by atoms with Gasteiger partial charge >= 0.3 is 0 Å². The van der Waals surface area contributed by atoms with E-state index in [9.17, 15) is 0 Å². The molecule has 0 radical (unpaired) electrons. The Morgan fingerprint density at radius 3 is 2.67 bits per heavy atom. The van der Waals surface area contributed by atoms with Gasteiger partial charge in [-0.3, -0.25) is 5.10 Å². The van der Waals surface area contributed by atoms with Crippen molar-refractivity contribution < 1.29 is 0 Å². The molecule has 5 nitrogen and oxygen atoms in total. The van der Waals surface area contributed by atoms with Crippen molar-refractivity contribution in [3.05, 3.63) is 41.5 Å². The Hall–Kier alpha value is -1.88. The predicted molar refractivity (Wildman–Crippen MR) is 72.4 cm³/mol. The van der Waals surface area contributed by atoms with Crippen molar-refractivity contribution in [1.82, 2.24) is 15.2 Å². The molecule has 1 aromatic carbocycles. The van der Waals surface area contributed by atoms with Gasteiger partial charge in [0, 0.05) is 6.42 Å². The fraction of sp³-hybridized carbons (Fsp3) is 0.250. The predicted octanol–water partition coefficient (Wildman–Crippen LogP) is 1.93. The highest BCUT2D eigenvalue weighted by atomic mass is 35.5. The lowest BCUT2D eigenvalue weighted by Crippen LogP contribution is -2.12. The number of nitrogens with one attached hydrogen (secondary N) is 1. The quantitative estimate of drug-likeness (QED) is 0.502. The number of rotatable bonds is 4. The van der Waals surface area contributed by atoms with Crippen molar-refractivity contribution in [2.45, 2.75) is 13.3 Å². The minimum Gasteiger partial charge on any atom is -0.386 e. The number of nitrogens with two attached hydrogens (primary N) is 1. The highest BCUT2D eigenvalue weighted by molar-refractivity contribution is 6.28. The zero-order valence-corrected chi connectivity index (χ0v) is 10.8. The van der Waals surface area contributed by atoms with Gasteiger partial charge in [0.25, 0.3) is 0 Å². The van der Waals surface area contributed by atoms with Crippen molar-refractivity contribution in [2.75, 3.05) is 5.88 Å². The second-order valence-corrected chi connectivity index (χ2v) is 4.18. The number of amidine groups is 1. The van der Waals surface area contributed by atoms with E-state index in [4.69, 9.17) is 17.3 Å². The van der Waals surface area contributed by atoms with Crippen LogP contribution >= 0.6 is 11.6 Å². The molecule has 2 rings (SSSR count). The third kappa shape index (κ3) is 3.30. The molecule has 0 atom stereocenters. The standard InChI is InChI=1S/C12H14ClN5/c1-8-15-12(18-17-8)6-9-2-4-10(5-3-9)16-11(14)7-13/h2-5H,6-7H2,1H3,(H2,14,16)(H,15,17,18). The number of aliphatic imine (C=N–C) groups is 1. The van der Waals surface area contributed by atoms with Gasteiger partial charge in [-0.1, -0.05) is 12.1 Å². The molecule has 0 fully saturated rings. The first-order valence-electron chi connectivity index (χ1n) is 5.53. The fourth-order valence-corrected chi connectivity index (χ4v) is 1.59. The molecule has 1 aromatic heterocycles. The van der Waals surface area contributed by atoms with Crippen LogP contribution in [0.2, 0.25) is 0 Å². The first-order chi connectivity index (χ1) is 8.67. The lowest BCUT2D eigenvalue weighted by atomic mass is 10.1. The number of benzene rings is 1. The third-order valence-corrected chi connectivity index (χ3v) is 2.63. The van der Waals surface area contributed by atoms with Crippen LogP contribution in [0.3, 0.4) is 0 Å². The molecule has 0 unspecified atom stereocenters. The maximum Gasteiger partial charge on any atom is 0.155 e. The molecule has 6 heteroatoms. The van der Waals surface area contributed by atoms with Gasteiger partial charge in [0.2, 0.25) is 0 Å². The van der Waals surface area contributed by atoms with E-state index in [0.29, 0.717) is 12.3 Å². The van der Waals surface area contributed by atoms with Crippen LogP contribution in [-0.4, -0.2) is 26.9 Å². The van der Waals surface area contributed by atoms with Crippen LogP contribution in [0.4, 0.5) is 5.69 Å². The second-order valence-electron chi connectivity index (χ2n) is 3.92. The van der Waals surface area contributed by atoms with E-state index in [0.717, 1.165) is 22.9 Å². The normalized spacial score (nSPS) is 11.8. The van der Waals surface area contributed by atoms with Crippen LogP contribution in [0.25, 0.3) is 0 Å². The second kappa shape index (κ2) is 5.64. The summed E-state index contributed by atoms with van der Waals surface area (Å²) in [7, 11) is 0. The SMILES string of the molecule is Cc1nc(Cc2ccc(N=C(N)CCl)cc2)n[nH]1. The fourth-order valence-electron chi connectivity index (χ4n) is 1.53. The number of H-pyrrole nitrogens is 1. The molecule has 0 aliphatic rings. The van der Waals surface area contributed by atoms with E-state index >= 15 is 0 Å². The zero-order chi connectivity index (χ0) is 13.0. The highest BCUT2D eigenvalue weighted by Crippen LogP contribution is 2.14. The van der Waals surface area contributed by atoms with Crippen LogP contribution in [0.1, 0.15) is 17.2 Å². The van der Waals surface area contributed by atoms with Gasteiger partial charge in [0.05, 0.1) is 11.6 Å². The van der Waals surface area contributed by atoms with Gasteiger partial charge in [0.15, 0.2) is 5.82 Å². The van der Waals surface area contributed by atoms with Crippen LogP contribution in [0.15, 0.2) is 29.3 Å². The topological polar surface area (TPSA) is 79.9 Å². The lowest BCUT2D eigenvalue weighted by molar-refractivity contribution is 0.969. The van der Waals surface area contributed by atoms with E-state index in [1.54, 1.807) is 0 Å². The Balaban J connectivity index is 2.08. The Morgan fingerprint density at radius 1 is 1.39 bits per heavy atom. The molecule has 3 N–H and O–H groups in total. The lowest BCUT2D eigenvalue weighted by Gasteiger charge is -1.99. The largest absolute Gasteiger partial charge is 0.386 e. The summed E-state index contributed by atoms with van der Waals surface area (Å²) in [5.74, 6) is 2.25. The number of aryl methyl sites for hydroxylation is 1.